The highest BCUT2D eigenvalue weighted by Gasteiger charge is 2.29. The van der Waals surface area contributed by atoms with Gasteiger partial charge in [-0.15, -0.1) is 0 Å². The highest BCUT2D eigenvalue weighted by molar-refractivity contribution is 7.92. The summed E-state index contributed by atoms with van der Waals surface area (Å²) in [6.45, 7) is 12.4. The number of likely N-dealkylation sites (N-methyl/N-ethyl adjacent to an activating group) is 1. The molecule has 0 aliphatic carbocycles. The number of fused-ring (bicyclic) bond motifs is 1. The summed E-state index contributed by atoms with van der Waals surface area (Å²) >= 11 is 6.62. The summed E-state index contributed by atoms with van der Waals surface area (Å²) in [5, 5.41) is 6.86. The molecule has 15 heteroatoms. The van der Waals surface area contributed by atoms with Crippen molar-refractivity contribution in [3.05, 3.63) is 53.4 Å². The van der Waals surface area contributed by atoms with Gasteiger partial charge in [-0.05, 0) is 63.9 Å². The number of piperidine rings is 1. The van der Waals surface area contributed by atoms with Crippen LogP contribution in [0.3, 0.4) is 0 Å². The Morgan fingerprint density at radius 3 is 2.38 bits per heavy atom. The number of hydrogen-bond donors (Lipinski definition) is 2. The number of aryl methyl sites for hydroxylation is 1. The highest BCUT2D eigenvalue weighted by Crippen LogP contribution is 2.40. The third-order valence-corrected chi connectivity index (χ3v) is 11.1. The van der Waals surface area contributed by atoms with E-state index in [1.165, 1.54) is 34.2 Å². The van der Waals surface area contributed by atoms with Crippen LogP contribution < -0.4 is 24.6 Å². The molecule has 2 saturated heterocycles. The van der Waals surface area contributed by atoms with Gasteiger partial charge in [0, 0.05) is 75.5 Å². The number of piperazine rings is 1. The summed E-state index contributed by atoms with van der Waals surface area (Å²) in [6.07, 6.45) is 8.92. The van der Waals surface area contributed by atoms with E-state index >= 15 is 0 Å². The zero-order valence-electron chi connectivity index (χ0n) is 29.6. The number of sulfonamides is 1. The maximum atomic E-state index is 13.0. The molecular formula is C35H47ClN10O3S. The zero-order chi connectivity index (χ0) is 35.6. The molecule has 4 aromatic rings. The number of rotatable bonds is 11. The molecule has 0 spiro atoms. The van der Waals surface area contributed by atoms with Crippen molar-refractivity contribution in [3.63, 3.8) is 0 Å². The first-order valence-electron chi connectivity index (χ1n) is 17.1. The molecule has 50 heavy (non-hydrogen) atoms. The van der Waals surface area contributed by atoms with Crippen LogP contribution in [0.1, 0.15) is 39.2 Å². The van der Waals surface area contributed by atoms with E-state index in [9.17, 15) is 8.42 Å². The Balaban J connectivity index is 1.26. The average molecular weight is 723 g/mol. The van der Waals surface area contributed by atoms with E-state index in [-0.39, 0.29) is 5.02 Å². The summed E-state index contributed by atoms with van der Waals surface area (Å²) in [7, 11) is 0.175. The molecule has 2 aromatic carbocycles. The summed E-state index contributed by atoms with van der Waals surface area (Å²) < 4.78 is 33.3. The SMILES string of the molecule is CCc1cc(Nc2ncc(Cl)c(Nc3ccc4nccnc4c3N(C(C)C)S(C)(=O)=O)n2)c(OC)cc1N1CCC(N2CCN(C)CC2)CC1. The van der Waals surface area contributed by atoms with Crippen LogP contribution in [0, 0.1) is 0 Å². The van der Waals surface area contributed by atoms with Crippen LogP contribution in [0.15, 0.2) is 42.9 Å². The van der Waals surface area contributed by atoms with E-state index in [0.29, 0.717) is 46.0 Å². The lowest BCUT2D eigenvalue weighted by Crippen LogP contribution is -2.52. The summed E-state index contributed by atoms with van der Waals surface area (Å²) in [6, 6.07) is 7.98. The van der Waals surface area contributed by atoms with Crippen molar-refractivity contribution < 1.29 is 13.2 Å². The minimum absolute atomic E-state index is 0.257. The van der Waals surface area contributed by atoms with Crippen molar-refractivity contribution in [2.45, 2.75) is 52.1 Å². The van der Waals surface area contributed by atoms with Crippen LogP contribution in [0.5, 0.6) is 5.75 Å². The largest absolute Gasteiger partial charge is 0.494 e. The minimum atomic E-state index is -3.69. The van der Waals surface area contributed by atoms with Crippen molar-refractivity contribution >= 4 is 67.2 Å². The number of halogens is 1. The molecule has 2 aliphatic heterocycles. The molecule has 2 fully saturated rings. The molecule has 2 aromatic heterocycles. The summed E-state index contributed by atoms with van der Waals surface area (Å²) in [5.74, 6) is 1.27. The molecule has 6 rings (SSSR count). The second-order valence-electron chi connectivity index (χ2n) is 13.3. The van der Waals surface area contributed by atoms with Crippen molar-refractivity contribution in [3.8, 4) is 5.75 Å². The first-order chi connectivity index (χ1) is 24.0. The second kappa shape index (κ2) is 15.1. The summed E-state index contributed by atoms with van der Waals surface area (Å²) in [5.41, 5.74) is 4.93. The molecule has 13 nitrogen and oxygen atoms in total. The fourth-order valence-electron chi connectivity index (χ4n) is 7.03. The Morgan fingerprint density at radius 2 is 1.72 bits per heavy atom. The van der Waals surface area contributed by atoms with Crippen LogP contribution in [0.25, 0.3) is 11.0 Å². The number of benzene rings is 2. The predicted molar refractivity (Wildman–Crippen MR) is 202 cm³/mol. The van der Waals surface area contributed by atoms with Crippen LogP contribution in [0.2, 0.25) is 5.02 Å². The maximum Gasteiger partial charge on any atom is 0.232 e. The average Bonchev–Trinajstić information content (AvgIpc) is 3.10. The van der Waals surface area contributed by atoms with Gasteiger partial charge in [-0.1, -0.05) is 18.5 Å². The van der Waals surface area contributed by atoms with Gasteiger partial charge in [0.2, 0.25) is 16.0 Å². The molecule has 4 heterocycles. The Hall–Kier alpha value is -3.98. The lowest BCUT2D eigenvalue weighted by molar-refractivity contribution is 0.0982. The minimum Gasteiger partial charge on any atom is -0.494 e. The fourth-order valence-corrected chi connectivity index (χ4v) is 8.45. The number of hydrogen-bond acceptors (Lipinski definition) is 12. The van der Waals surface area contributed by atoms with Gasteiger partial charge in [0.05, 0.1) is 36.5 Å². The van der Waals surface area contributed by atoms with Crippen molar-refractivity contribution in [2.75, 3.05) is 79.5 Å². The van der Waals surface area contributed by atoms with Gasteiger partial charge in [0.15, 0.2) is 5.82 Å². The lowest BCUT2D eigenvalue weighted by atomic mass is 9.99. The third-order valence-electron chi connectivity index (χ3n) is 9.55. The Kier molecular flexibility index (Phi) is 10.8. The van der Waals surface area contributed by atoms with E-state index in [2.05, 4.69) is 66.4 Å². The van der Waals surface area contributed by atoms with Gasteiger partial charge in [0.1, 0.15) is 22.0 Å². The van der Waals surface area contributed by atoms with Crippen molar-refractivity contribution in [2.24, 2.45) is 0 Å². The molecule has 0 saturated carbocycles. The van der Waals surface area contributed by atoms with Gasteiger partial charge < -0.3 is 25.2 Å². The molecule has 2 N–H and O–H groups in total. The van der Waals surface area contributed by atoms with E-state index in [1.807, 2.05) is 0 Å². The number of ether oxygens (including phenoxy) is 1. The maximum absolute atomic E-state index is 13.0. The number of nitrogens with one attached hydrogen (secondary N) is 2. The molecule has 2 aliphatic rings. The number of anilines is 6. The van der Waals surface area contributed by atoms with Gasteiger partial charge >= 0.3 is 0 Å². The van der Waals surface area contributed by atoms with Gasteiger partial charge in [-0.2, -0.15) is 4.98 Å². The Bertz CT molecular complexity index is 1930. The molecule has 0 unspecified atom stereocenters. The Morgan fingerprint density at radius 1 is 1.00 bits per heavy atom. The predicted octanol–water partition coefficient (Wildman–Crippen LogP) is 5.52. The Labute approximate surface area is 300 Å². The van der Waals surface area contributed by atoms with E-state index in [4.69, 9.17) is 21.3 Å². The highest BCUT2D eigenvalue weighted by atomic mass is 35.5. The van der Waals surface area contributed by atoms with Crippen LogP contribution in [0.4, 0.5) is 34.5 Å². The molecule has 268 valence electrons. The molecule has 0 radical (unpaired) electrons. The zero-order valence-corrected chi connectivity index (χ0v) is 31.2. The normalized spacial score (nSPS) is 16.6. The van der Waals surface area contributed by atoms with Gasteiger partial charge in [-0.3, -0.25) is 19.2 Å². The van der Waals surface area contributed by atoms with Gasteiger partial charge in [-0.25, -0.2) is 13.4 Å². The number of methoxy groups -OCH3 is 1. The quantitative estimate of drug-likeness (QED) is 0.202. The topological polar surface area (TPSA) is 132 Å². The molecule has 0 amide bonds. The molecule has 0 atom stereocenters. The molecular weight excluding hydrogens is 676 g/mol. The first kappa shape index (κ1) is 35.8. The number of aromatic nitrogens is 4. The van der Waals surface area contributed by atoms with Crippen molar-refractivity contribution in [1.29, 1.82) is 0 Å². The summed E-state index contributed by atoms with van der Waals surface area (Å²) in [4.78, 5) is 25.6. The van der Waals surface area contributed by atoms with Crippen LogP contribution in [-0.4, -0.2) is 110 Å². The van der Waals surface area contributed by atoms with Crippen LogP contribution in [-0.2, 0) is 16.4 Å². The first-order valence-corrected chi connectivity index (χ1v) is 19.4. The molecule has 0 bridgehead atoms. The monoisotopic (exact) mass is 722 g/mol. The smallest absolute Gasteiger partial charge is 0.232 e. The van der Waals surface area contributed by atoms with Gasteiger partial charge in [0.25, 0.3) is 0 Å². The number of nitrogens with zero attached hydrogens (tertiary/aromatic N) is 8. The second-order valence-corrected chi connectivity index (χ2v) is 15.5. The van der Waals surface area contributed by atoms with E-state index in [0.717, 1.165) is 64.2 Å². The lowest BCUT2D eigenvalue weighted by Gasteiger charge is -2.43. The fraction of sp³-hybridized carbons (Fsp3) is 0.486. The van der Waals surface area contributed by atoms with E-state index in [1.54, 1.807) is 39.3 Å². The van der Waals surface area contributed by atoms with E-state index < -0.39 is 16.1 Å². The third kappa shape index (κ3) is 7.68. The van der Waals surface area contributed by atoms with Crippen LogP contribution >= 0.6 is 11.6 Å². The van der Waals surface area contributed by atoms with Crippen molar-refractivity contribution in [1.82, 2.24) is 29.7 Å². The standard InChI is InChI=1S/C35H47ClN10O3S/c1-7-24-20-29(31(49-5)21-30(24)45-14-10-25(11-15-45)44-18-16-43(4)17-19-44)41-35-39-22-26(36)34(42-35)40-28-9-8-27-32(38-13-12-37-27)33(28)46(23(2)3)50(6,47)48/h8-9,12-13,20-23,25H,7,10-11,14-19H2,1-6H3,(H2,39,40,41,42).